The van der Waals surface area contributed by atoms with Crippen LogP contribution in [0.5, 0.6) is 0 Å². The Morgan fingerprint density at radius 3 is 2.26 bits per heavy atom. The first kappa shape index (κ1) is 19.4. The van der Waals surface area contributed by atoms with E-state index in [0.29, 0.717) is 6.54 Å². The summed E-state index contributed by atoms with van der Waals surface area (Å²) < 4.78 is 25.9. The third kappa shape index (κ3) is 4.67. The molecule has 27 heavy (non-hydrogen) atoms. The summed E-state index contributed by atoms with van der Waals surface area (Å²) in [5.41, 5.74) is 2.56. The van der Waals surface area contributed by atoms with Gasteiger partial charge in [0.05, 0.1) is 4.90 Å². The Hall–Kier alpha value is -2.38. The van der Waals surface area contributed by atoms with Gasteiger partial charge in [-0.15, -0.1) is 0 Å². The van der Waals surface area contributed by atoms with E-state index in [1.807, 2.05) is 6.07 Å². The molecule has 0 aromatic heterocycles. The lowest BCUT2D eigenvalue weighted by Crippen LogP contribution is -2.40. The topological polar surface area (TPSA) is 82.6 Å². The SMILES string of the molecule is CN=C(NCc1ccc(S(=O)(=O)NC)cc1)NCC1(c2ccccc2)CC1. The number of benzene rings is 2. The van der Waals surface area contributed by atoms with Crippen LogP contribution in [0.1, 0.15) is 24.0 Å². The highest BCUT2D eigenvalue weighted by molar-refractivity contribution is 7.89. The normalized spacial score (nSPS) is 16.0. The molecular weight excluding hydrogens is 360 g/mol. The molecule has 0 amide bonds. The van der Waals surface area contributed by atoms with Crippen LogP contribution in [0.4, 0.5) is 0 Å². The highest BCUT2D eigenvalue weighted by Crippen LogP contribution is 2.47. The summed E-state index contributed by atoms with van der Waals surface area (Å²) in [5.74, 6) is 0.740. The van der Waals surface area contributed by atoms with Crippen LogP contribution in [0.15, 0.2) is 64.5 Å². The van der Waals surface area contributed by atoms with Crippen molar-refractivity contribution in [3.8, 4) is 0 Å². The average molecular weight is 387 g/mol. The summed E-state index contributed by atoms with van der Waals surface area (Å²) in [6, 6.07) is 17.4. The molecule has 6 nitrogen and oxygen atoms in total. The van der Waals surface area contributed by atoms with Gasteiger partial charge in [-0.25, -0.2) is 13.1 Å². The van der Waals surface area contributed by atoms with Gasteiger partial charge in [-0.1, -0.05) is 42.5 Å². The Morgan fingerprint density at radius 2 is 1.70 bits per heavy atom. The van der Waals surface area contributed by atoms with Gasteiger partial charge in [0.15, 0.2) is 5.96 Å². The fourth-order valence-corrected chi connectivity index (χ4v) is 3.80. The Kier molecular flexibility index (Phi) is 5.82. The Labute approximate surface area is 161 Å². The molecule has 0 saturated heterocycles. The first-order valence-electron chi connectivity index (χ1n) is 9.02. The number of hydrogen-bond donors (Lipinski definition) is 3. The van der Waals surface area contributed by atoms with Gasteiger partial charge < -0.3 is 10.6 Å². The smallest absolute Gasteiger partial charge is 0.240 e. The van der Waals surface area contributed by atoms with Gasteiger partial charge >= 0.3 is 0 Å². The first-order chi connectivity index (χ1) is 13.0. The van der Waals surface area contributed by atoms with Gasteiger partial charge in [-0.2, -0.15) is 0 Å². The zero-order chi connectivity index (χ0) is 19.3. The summed E-state index contributed by atoms with van der Waals surface area (Å²) in [6.07, 6.45) is 2.37. The lowest BCUT2D eigenvalue weighted by Gasteiger charge is -2.19. The van der Waals surface area contributed by atoms with Crippen molar-refractivity contribution in [1.82, 2.24) is 15.4 Å². The molecule has 0 unspecified atom stereocenters. The van der Waals surface area contributed by atoms with E-state index in [2.05, 4.69) is 44.6 Å². The molecule has 1 aliphatic rings. The highest BCUT2D eigenvalue weighted by Gasteiger charge is 2.43. The molecule has 2 aromatic carbocycles. The van der Waals surface area contributed by atoms with Crippen molar-refractivity contribution in [3.05, 3.63) is 65.7 Å². The van der Waals surface area contributed by atoms with Crippen molar-refractivity contribution in [2.75, 3.05) is 20.6 Å². The molecule has 0 spiro atoms. The van der Waals surface area contributed by atoms with Crippen LogP contribution in [-0.2, 0) is 22.0 Å². The predicted molar refractivity (Wildman–Crippen MR) is 108 cm³/mol. The predicted octanol–water partition coefficient (Wildman–Crippen LogP) is 1.99. The third-order valence-electron chi connectivity index (χ3n) is 5.02. The number of sulfonamides is 1. The number of guanidine groups is 1. The van der Waals surface area contributed by atoms with Crippen LogP contribution >= 0.6 is 0 Å². The maximum Gasteiger partial charge on any atom is 0.240 e. The Balaban J connectivity index is 1.54. The standard InChI is InChI=1S/C20H26N4O2S/c1-21-19(24-15-20(12-13-20)17-6-4-3-5-7-17)23-14-16-8-10-18(11-9-16)27(25,26)22-2/h3-11,22H,12-15H2,1-2H3,(H2,21,23,24). The second-order valence-electron chi connectivity index (χ2n) is 6.78. The van der Waals surface area contributed by atoms with E-state index in [1.165, 1.54) is 25.5 Å². The molecule has 1 saturated carbocycles. The summed E-state index contributed by atoms with van der Waals surface area (Å²) in [7, 11) is -0.246. The summed E-state index contributed by atoms with van der Waals surface area (Å²) in [4.78, 5) is 4.55. The quantitative estimate of drug-likeness (QED) is 0.502. The van der Waals surface area contributed by atoms with Crippen LogP contribution in [0.3, 0.4) is 0 Å². The van der Waals surface area contributed by atoms with Crippen molar-refractivity contribution >= 4 is 16.0 Å². The molecule has 7 heteroatoms. The van der Waals surface area contributed by atoms with E-state index in [0.717, 1.165) is 18.1 Å². The van der Waals surface area contributed by atoms with E-state index < -0.39 is 10.0 Å². The molecule has 144 valence electrons. The first-order valence-corrected chi connectivity index (χ1v) is 10.5. The van der Waals surface area contributed by atoms with Gasteiger partial charge in [0.25, 0.3) is 0 Å². The minimum Gasteiger partial charge on any atom is -0.356 e. The highest BCUT2D eigenvalue weighted by atomic mass is 32.2. The summed E-state index contributed by atoms with van der Waals surface area (Å²) in [6.45, 7) is 1.41. The van der Waals surface area contributed by atoms with Crippen molar-refractivity contribution in [3.63, 3.8) is 0 Å². The van der Waals surface area contributed by atoms with Crippen LogP contribution in [0, 0.1) is 0 Å². The van der Waals surface area contributed by atoms with Crippen LogP contribution in [0.2, 0.25) is 0 Å². The number of aliphatic imine (C=N–C) groups is 1. The summed E-state index contributed by atoms with van der Waals surface area (Å²) in [5, 5.41) is 6.70. The minimum absolute atomic E-state index is 0.210. The molecule has 2 aromatic rings. The molecule has 3 rings (SSSR count). The van der Waals surface area contributed by atoms with Crippen molar-refractivity contribution < 1.29 is 8.42 Å². The number of hydrogen-bond acceptors (Lipinski definition) is 3. The van der Waals surface area contributed by atoms with E-state index in [1.54, 1.807) is 31.3 Å². The zero-order valence-electron chi connectivity index (χ0n) is 15.7. The van der Waals surface area contributed by atoms with Crippen molar-refractivity contribution in [2.24, 2.45) is 4.99 Å². The maximum absolute atomic E-state index is 11.8. The number of rotatable bonds is 7. The van der Waals surface area contributed by atoms with E-state index in [9.17, 15) is 8.42 Å². The Bertz CT molecular complexity index is 889. The van der Waals surface area contributed by atoms with Gasteiger partial charge in [-0.05, 0) is 43.1 Å². The minimum atomic E-state index is -3.40. The number of nitrogens with zero attached hydrogens (tertiary/aromatic N) is 1. The molecule has 0 aliphatic heterocycles. The second kappa shape index (κ2) is 8.10. The van der Waals surface area contributed by atoms with Crippen LogP contribution < -0.4 is 15.4 Å². The van der Waals surface area contributed by atoms with Crippen LogP contribution in [0.25, 0.3) is 0 Å². The van der Waals surface area contributed by atoms with Crippen molar-refractivity contribution in [2.45, 2.75) is 29.7 Å². The molecule has 1 aliphatic carbocycles. The fourth-order valence-electron chi connectivity index (χ4n) is 3.07. The average Bonchev–Trinajstić information content (AvgIpc) is 3.50. The van der Waals surface area contributed by atoms with Gasteiger partial charge in [-0.3, -0.25) is 4.99 Å². The molecule has 0 heterocycles. The fraction of sp³-hybridized carbons (Fsp3) is 0.350. The number of nitrogens with one attached hydrogen (secondary N) is 3. The molecular formula is C20H26N4O2S. The van der Waals surface area contributed by atoms with E-state index in [4.69, 9.17) is 0 Å². The monoisotopic (exact) mass is 386 g/mol. The lowest BCUT2D eigenvalue weighted by molar-refractivity contribution is 0.588. The van der Waals surface area contributed by atoms with E-state index >= 15 is 0 Å². The van der Waals surface area contributed by atoms with E-state index in [-0.39, 0.29) is 10.3 Å². The molecule has 3 N–H and O–H groups in total. The van der Waals surface area contributed by atoms with Gasteiger partial charge in [0.1, 0.15) is 0 Å². The molecule has 1 fully saturated rings. The third-order valence-corrected chi connectivity index (χ3v) is 6.45. The Morgan fingerprint density at radius 1 is 1.04 bits per heavy atom. The van der Waals surface area contributed by atoms with Gasteiger partial charge in [0, 0.05) is 25.6 Å². The molecule has 0 atom stereocenters. The lowest BCUT2D eigenvalue weighted by atomic mass is 9.96. The summed E-state index contributed by atoms with van der Waals surface area (Å²) >= 11 is 0. The largest absolute Gasteiger partial charge is 0.356 e. The molecule has 0 bridgehead atoms. The van der Waals surface area contributed by atoms with Crippen molar-refractivity contribution in [1.29, 1.82) is 0 Å². The molecule has 0 radical (unpaired) electrons. The van der Waals surface area contributed by atoms with Crippen LogP contribution in [-0.4, -0.2) is 35.0 Å². The second-order valence-corrected chi connectivity index (χ2v) is 8.66. The maximum atomic E-state index is 11.8. The zero-order valence-corrected chi connectivity index (χ0v) is 16.5. The van der Waals surface area contributed by atoms with Gasteiger partial charge in [0.2, 0.25) is 10.0 Å².